The van der Waals surface area contributed by atoms with E-state index in [1.165, 1.54) is 11.3 Å². The number of furan rings is 1. The Morgan fingerprint density at radius 2 is 2.09 bits per heavy atom. The number of rotatable bonds is 4. The lowest BCUT2D eigenvalue weighted by molar-refractivity contribution is -0.115. The number of carbonyl (C=O) groups is 2. The second kappa shape index (κ2) is 6.51. The number of hydrogen-bond donors (Lipinski definition) is 2. The van der Waals surface area contributed by atoms with E-state index >= 15 is 0 Å². The Balaban J connectivity index is 1.79. The molecular formula is C15H12BrN3O3S. The lowest BCUT2D eigenvalue weighted by Gasteiger charge is -2.02. The number of aromatic nitrogens is 1. The number of amides is 2. The fraction of sp³-hybridized carbons (Fsp3) is 0.133. The molecule has 0 fully saturated rings. The maximum Gasteiger partial charge on any atom is 0.291 e. The number of benzene rings is 1. The van der Waals surface area contributed by atoms with Gasteiger partial charge in [-0.25, -0.2) is 4.98 Å². The SMILES string of the molecule is CCC(=O)Nc1nc2ccc(NC(=O)c3ccc(Br)o3)cc2s1. The summed E-state index contributed by atoms with van der Waals surface area (Å²) in [5, 5.41) is 6.04. The van der Waals surface area contributed by atoms with Crippen molar-refractivity contribution in [3.8, 4) is 0 Å². The number of halogens is 1. The van der Waals surface area contributed by atoms with Crippen molar-refractivity contribution in [3.05, 3.63) is 40.8 Å². The van der Waals surface area contributed by atoms with Gasteiger partial charge in [0.1, 0.15) is 0 Å². The first-order chi connectivity index (χ1) is 11.0. The normalized spacial score (nSPS) is 10.7. The number of carbonyl (C=O) groups excluding carboxylic acids is 2. The average Bonchev–Trinajstić information content (AvgIpc) is 3.12. The Morgan fingerprint density at radius 1 is 1.26 bits per heavy atom. The van der Waals surface area contributed by atoms with Gasteiger partial charge in [-0.1, -0.05) is 18.3 Å². The molecule has 3 aromatic rings. The predicted molar refractivity (Wildman–Crippen MR) is 92.9 cm³/mol. The van der Waals surface area contributed by atoms with E-state index in [0.29, 0.717) is 21.9 Å². The van der Waals surface area contributed by atoms with E-state index < -0.39 is 0 Å². The van der Waals surface area contributed by atoms with Crippen LogP contribution in [0.5, 0.6) is 0 Å². The Morgan fingerprint density at radius 3 is 2.78 bits per heavy atom. The zero-order valence-electron chi connectivity index (χ0n) is 12.1. The van der Waals surface area contributed by atoms with Crippen molar-refractivity contribution >= 4 is 60.1 Å². The summed E-state index contributed by atoms with van der Waals surface area (Å²) in [6.45, 7) is 1.78. The molecular weight excluding hydrogens is 382 g/mol. The van der Waals surface area contributed by atoms with Crippen LogP contribution in [0, 0.1) is 0 Å². The molecule has 118 valence electrons. The Bertz CT molecular complexity index is 887. The molecule has 0 spiro atoms. The molecule has 0 saturated carbocycles. The molecule has 0 bridgehead atoms. The van der Waals surface area contributed by atoms with Gasteiger partial charge in [-0.2, -0.15) is 0 Å². The summed E-state index contributed by atoms with van der Waals surface area (Å²) in [7, 11) is 0. The molecule has 8 heteroatoms. The van der Waals surface area contributed by atoms with Crippen molar-refractivity contribution in [2.75, 3.05) is 10.6 Å². The molecule has 2 N–H and O–H groups in total. The summed E-state index contributed by atoms with van der Waals surface area (Å²) >= 11 is 4.52. The highest BCUT2D eigenvalue weighted by Gasteiger charge is 2.12. The quantitative estimate of drug-likeness (QED) is 0.693. The second-order valence-electron chi connectivity index (χ2n) is 4.66. The number of nitrogens with zero attached hydrogens (tertiary/aromatic N) is 1. The summed E-state index contributed by atoms with van der Waals surface area (Å²) in [6.07, 6.45) is 0.399. The highest BCUT2D eigenvalue weighted by atomic mass is 79.9. The molecule has 23 heavy (non-hydrogen) atoms. The van der Waals surface area contributed by atoms with Crippen LogP contribution in [0.2, 0.25) is 0 Å². The average molecular weight is 394 g/mol. The summed E-state index contributed by atoms with van der Waals surface area (Å²) < 4.78 is 6.58. The molecule has 2 aromatic heterocycles. The minimum absolute atomic E-state index is 0.0824. The third-order valence-corrected chi connectivity index (χ3v) is 4.37. The molecule has 0 saturated heterocycles. The van der Waals surface area contributed by atoms with Crippen molar-refractivity contribution in [2.24, 2.45) is 0 Å². The van der Waals surface area contributed by atoms with E-state index in [1.807, 2.05) is 6.07 Å². The predicted octanol–water partition coefficient (Wildman–Crippen LogP) is 4.25. The van der Waals surface area contributed by atoms with Crippen molar-refractivity contribution in [2.45, 2.75) is 13.3 Å². The van der Waals surface area contributed by atoms with E-state index in [0.717, 1.165) is 10.2 Å². The van der Waals surface area contributed by atoms with Gasteiger partial charge in [0.2, 0.25) is 5.91 Å². The molecule has 0 aliphatic carbocycles. The number of hydrogen-bond acceptors (Lipinski definition) is 5. The third kappa shape index (κ3) is 3.59. The van der Waals surface area contributed by atoms with Gasteiger partial charge < -0.3 is 15.1 Å². The molecule has 2 amide bonds. The van der Waals surface area contributed by atoms with Crippen LogP contribution >= 0.6 is 27.3 Å². The summed E-state index contributed by atoms with van der Waals surface area (Å²) in [6, 6.07) is 8.60. The van der Waals surface area contributed by atoms with E-state index in [1.54, 1.807) is 31.2 Å². The van der Waals surface area contributed by atoms with Gasteiger partial charge >= 0.3 is 0 Å². The van der Waals surface area contributed by atoms with Crippen LogP contribution in [0.4, 0.5) is 10.8 Å². The molecule has 3 rings (SSSR count). The van der Waals surface area contributed by atoms with Crippen molar-refractivity contribution in [3.63, 3.8) is 0 Å². The first-order valence-corrected chi connectivity index (χ1v) is 8.43. The smallest absolute Gasteiger partial charge is 0.291 e. The van der Waals surface area contributed by atoms with Crippen LogP contribution < -0.4 is 10.6 Å². The third-order valence-electron chi connectivity index (χ3n) is 3.01. The van der Waals surface area contributed by atoms with Gasteiger partial charge in [0.05, 0.1) is 10.2 Å². The standard InChI is InChI=1S/C15H12BrN3O3S/c1-2-13(20)19-15-18-9-4-3-8(7-11(9)23-15)17-14(21)10-5-6-12(16)22-10/h3-7H,2H2,1H3,(H,17,21)(H,18,19,20). The maximum atomic E-state index is 12.1. The topological polar surface area (TPSA) is 84.2 Å². The first-order valence-electron chi connectivity index (χ1n) is 6.82. The number of thiazole rings is 1. The van der Waals surface area contributed by atoms with Crippen LogP contribution in [0.25, 0.3) is 10.2 Å². The Kier molecular flexibility index (Phi) is 4.44. The monoisotopic (exact) mass is 393 g/mol. The molecule has 0 atom stereocenters. The summed E-state index contributed by atoms with van der Waals surface area (Å²) in [5.41, 5.74) is 1.40. The molecule has 0 aliphatic heterocycles. The minimum Gasteiger partial charge on any atom is -0.444 e. The number of nitrogens with one attached hydrogen (secondary N) is 2. The lowest BCUT2D eigenvalue weighted by Crippen LogP contribution is -2.10. The van der Waals surface area contributed by atoms with E-state index in [9.17, 15) is 9.59 Å². The lowest BCUT2D eigenvalue weighted by atomic mass is 10.3. The van der Waals surface area contributed by atoms with Gasteiger partial charge in [-0.05, 0) is 46.3 Å². The van der Waals surface area contributed by atoms with Crippen LogP contribution in [0.3, 0.4) is 0 Å². The van der Waals surface area contributed by atoms with Crippen LogP contribution in [0.1, 0.15) is 23.9 Å². The maximum absolute atomic E-state index is 12.1. The number of fused-ring (bicyclic) bond motifs is 1. The molecule has 0 radical (unpaired) electrons. The van der Waals surface area contributed by atoms with Gasteiger partial charge in [-0.15, -0.1) is 0 Å². The van der Waals surface area contributed by atoms with Gasteiger partial charge in [-0.3, -0.25) is 9.59 Å². The molecule has 1 aromatic carbocycles. The minimum atomic E-state index is -0.334. The molecule has 0 unspecified atom stereocenters. The van der Waals surface area contributed by atoms with E-state index in [2.05, 4.69) is 31.5 Å². The fourth-order valence-corrected chi connectivity index (χ4v) is 3.12. The molecule has 0 aliphatic rings. The van der Waals surface area contributed by atoms with Crippen LogP contribution in [-0.4, -0.2) is 16.8 Å². The largest absolute Gasteiger partial charge is 0.444 e. The second-order valence-corrected chi connectivity index (χ2v) is 6.47. The fourth-order valence-electron chi connectivity index (χ4n) is 1.89. The van der Waals surface area contributed by atoms with Crippen LogP contribution in [0.15, 0.2) is 39.4 Å². The number of anilines is 2. The van der Waals surface area contributed by atoms with Crippen molar-refractivity contribution < 1.29 is 14.0 Å². The van der Waals surface area contributed by atoms with Crippen molar-refractivity contribution in [1.82, 2.24) is 4.98 Å². The Labute approximate surface area is 144 Å². The highest BCUT2D eigenvalue weighted by molar-refractivity contribution is 9.10. The van der Waals surface area contributed by atoms with E-state index in [4.69, 9.17) is 4.42 Å². The van der Waals surface area contributed by atoms with E-state index in [-0.39, 0.29) is 17.6 Å². The molecule has 6 nitrogen and oxygen atoms in total. The Hall–Kier alpha value is -2.19. The first kappa shape index (κ1) is 15.7. The molecule has 2 heterocycles. The zero-order valence-corrected chi connectivity index (χ0v) is 14.5. The zero-order chi connectivity index (χ0) is 16.4. The summed E-state index contributed by atoms with van der Waals surface area (Å²) in [4.78, 5) is 27.8. The summed E-state index contributed by atoms with van der Waals surface area (Å²) in [5.74, 6) is -0.197. The highest BCUT2D eigenvalue weighted by Crippen LogP contribution is 2.28. The van der Waals surface area contributed by atoms with Gasteiger partial charge in [0.25, 0.3) is 5.91 Å². The van der Waals surface area contributed by atoms with Crippen LogP contribution in [-0.2, 0) is 4.79 Å². The van der Waals surface area contributed by atoms with Gasteiger partial charge in [0, 0.05) is 12.1 Å². The van der Waals surface area contributed by atoms with Gasteiger partial charge in [0.15, 0.2) is 15.6 Å². The van der Waals surface area contributed by atoms with Crippen molar-refractivity contribution in [1.29, 1.82) is 0 Å².